The second-order valence-electron chi connectivity index (χ2n) is 5.06. The van der Waals surface area contributed by atoms with Crippen LogP contribution in [0.15, 0.2) is 6.07 Å². The number of nitrogens with two attached hydrogens (primary N) is 1. The average molecular weight is 249 g/mol. The lowest BCUT2D eigenvalue weighted by Gasteiger charge is -2.42. The minimum Gasteiger partial charge on any atom is -0.364 e. The van der Waals surface area contributed by atoms with E-state index in [0.29, 0.717) is 5.82 Å². The molecule has 0 unspecified atom stereocenters. The monoisotopic (exact) mass is 249 g/mol. The summed E-state index contributed by atoms with van der Waals surface area (Å²) >= 11 is 0. The van der Waals surface area contributed by atoms with E-state index >= 15 is 0 Å². The highest BCUT2D eigenvalue weighted by Crippen LogP contribution is 2.37. The van der Waals surface area contributed by atoms with Crippen molar-refractivity contribution in [1.82, 2.24) is 9.97 Å². The summed E-state index contributed by atoms with van der Waals surface area (Å²) in [6.07, 6.45) is 6.79. The Morgan fingerprint density at radius 3 is 2.50 bits per heavy atom. The molecule has 2 rings (SSSR count). The highest BCUT2D eigenvalue weighted by atomic mass is 15.3. The van der Waals surface area contributed by atoms with Crippen molar-refractivity contribution < 1.29 is 0 Å². The van der Waals surface area contributed by atoms with Crippen molar-refractivity contribution in [2.24, 2.45) is 5.84 Å². The molecule has 0 amide bonds. The number of rotatable bonds is 6. The van der Waals surface area contributed by atoms with Crippen molar-refractivity contribution in [3.8, 4) is 0 Å². The third-order valence-corrected chi connectivity index (χ3v) is 3.77. The summed E-state index contributed by atoms with van der Waals surface area (Å²) in [5.74, 6) is 7.88. The van der Waals surface area contributed by atoms with Gasteiger partial charge in [0.15, 0.2) is 0 Å². The fraction of sp³-hybridized carbons (Fsp3) is 0.692. The average Bonchev–Trinajstić information content (AvgIpc) is 2.34. The number of nitrogens with one attached hydrogen (secondary N) is 2. The van der Waals surface area contributed by atoms with Crippen molar-refractivity contribution >= 4 is 11.6 Å². The van der Waals surface area contributed by atoms with Gasteiger partial charge in [-0.2, -0.15) is 0 Å². The van der Waals surface area contributed by atoms with Crippen LogP contribution in [0.1, 0.15) is 51.8 Å². The molecule has 0 atom stereocenters. The third-order valence-electron chi connectivity index (χ3n) is 3.77. The molecule has 0 aromatic carbocycles. The standard InChI is InChI=1S/C13H23N5/c1-3-6-10-15-11(9-12(16-10)18-14)17-13(4-2)7-5-8-13/h9H,3-8,14H2,1-2H3,(H2,15,16,17,18). The molecule has 1 aliphatic carbocycles. The summed E-state index contributed by atoms with van der Waals surface area (Å²) in [7, 11) is 0. The Labute approximate surface area is 109 Å². The van der Waals surface area contributed by atoms with E-state index in [1.807, 2.05) is 6.07 Å². The maximum Gasteiger partial charge on any atom is 0.145 e. The van der Waals surface area contributed by atoms with Gasteiger partial charge in [0, 0.05) is 18.0 Å². The van der Waals surface area contributed by atoms with Gasteiger partial charge in [-0.3, -0.25) is 0 Å². The molecule has 18 heavy (non-hydrogen) atoms. The van der Waals surface area contributed by atoms with Gasteiger partial charge in [0.2, 0.25) is 0 Å². The van der Waals surface area contributed by atoms with E-state index < -0.39 is 0 Å². The fourth-order valence-electron chi connectivity index (χ4n) is 2.41. The lowest BCUT2D eigenvalue weighted by molar-refractivity contribution is 0.268. The molecule has 5 nitrogen and oxygen atoms in total. The maximum absolute atomic E-state index is 5.46. The number of anilines is 2. The molecular formula is C13H23N5. The minimum absolute atomic E-state index is 0.240. The Morgan fingerprint density at radius 1 is 1.28 bits per heavy atom. The highest BCUT2D eigenvalue weighted by molar-refractivity contribution is 5.48. The molecule has 100 valence electrons. The lowest BCUT2D eigenvalue weighted by atomic mass is 9.75. The van der Waals surface area contributed by atoms with E-state index in [-0.39, 0.29) is 5.54 Å². The van der Waals surface area contributed by atoms with E-state index in [0.717, 1.165) is 30.9 Å². The van der Waals surface area contributed by atoms with Gasteiger partial charge in [0.25, 0.3) is 0 Å². The van der Waals surface area contributed by atoms with E-state index in [4.69, 9.17) is 5.84 Å². The van der Waals surface area contributed by atoms with Crippen molar-refractivity contribution in [1.29, 1.82) is 0 Å². The molecule has 0 aliphatic heterocycles. The molecule has 1 aliphatic rings. The van der Waals surface area contributed by atoms with Crippen molar-refractivity contribution in [3.63, 3.8) is 0 Å². The molecule has 0 radical (unpaired) electrons. The number of hydrogen-bond acceptors (Lipinski definition) is 5. The van der Waals surface area contributed by atoms with Crippen molar-refractivity contribution in [3.05, 3.63) is 11.9 Å². The topological polar surface area (TPSA) is 75.9 Å². The smallest absolute Gasteiger partial charge is 0.145 e. The summed E-state index contributed by atoms with van der Waals surface area (Å²) in [5.41, 5.74) is 2.85. The van der Waals surface area contributed by atoms with Crippen LogP contribution in [0.4, 0.5) is 11.6 Å². The lowest BCUT2D eigenvalue weighted by Crippen LogP contribution is -2.44. The van der Waals surface area contributed by atoms with Gasteiger partial charge in [-0.05, 0) is 32.1 Å². The molecule has 1 saturated carbocycles. The highest BCUT2D eigenvalue weighted by Gasteiger charge is 2.35. The number of hydrazine groups is 1. The van der Waals surface area contributed by atoms with Crippen LogP contribution in [0.25, 0.3) is 0 Å². The van der Waals surface area contributed by atoms with Crippen LogP contribution in [-0.2, 0) is 6.42 Å². The normalized spacial score (nSPS) is 17.1. The Kier molecular flexibility index (Phi) is 4.01. The molecule has 0 saturated heterocycles. The summed E-state index contributed by atoms with van der Waals surface area (Å²) in [5, 5.41) is 3.57. The van der Waals surface area contributed by atoms with Gasteiger partial charge in [-0.15, -0.1) is 0 Å². The van der Waals surface area contributed by atoms with Gasteiger partial charge in [0.05, 0.1) is 0 Å². The summed E-state index contributed by atoms with van der Waals surface area (Å²) in [6, 6.07) is 1.88. The number of nitrogens with zero attached hydrogens (tertiary/aromatic N) is 2. The van der Waals surface area contributed by atoms with Gasteiger partial charge in [0.1, 0.15) is 17.5 Å². The molecule has 1 aromatic heterocycles. The Balaban J connectivity index is 2.18. The largest absolute Gasteiger partial charge is 0.364 e. The molecule has 0 spiro atoms. The summed E-state index contributed by atoms with van der Waals surface area (Å²) in [6.45, 7) is 4.35. The molecule has 0 bridgehead atoms. The minimum atomic E-state index is 0.240. The first-order chi connectivity index (χ1) is 8.71. The number of aromatic nitrogens is 2. The Hall–Kier alpha value is -1.36. The van der Waals surface area contributed by atoms with E-state index in [9.17, 15) is 0 Å². The van der Waals surface area contributed by atoms with Crippen LogP contribution < -0.4 is 16.6 Å². The molecule has 4 N–H and O–H groups in total. The zero-order chi connectivity index (χ0) is 13.0. The fourth-order valence-corrected chi connectivity index (χ4v) is 2.41. The van der Waals surface area contributed by atoms with E-state index in [1.165, 1.54) is 19.3 Å². The van der Waals surface area contributed by atoms with Gasteiger partial charge >= 0.3 is 0 Å². The predicted molar refractivity (Wildman–Crippen MR) is 74.3 cm³/mol. The first-order valence-corrected chi connectivity index (χ1v) is 6.84. The second kappa shape index (κ2) is 5.52. The second-order valence-corrected chi connectivity index (χ2v) is 5.06. The first-order valence-electron chi connectivity index (χ1n) is 6.84. The van der Waals surface area contributed by atoms with E-state index in [1.54, 1.807) is 0 Å². The molecule has 1 aromatic rings. The van der Waals surface area contributed by atoms with Crippen LogP contribution in [0.2, 0.25) is 0 Å². The van der Waals surface area contributed by atoms with Gasteiger partial charge in [-0.1, -0.05) is 13.8 Å². The third kappa shape index (κ3) is 2.72. The molecular weight excluding hydrogens is 226 g/mol. The molecule has 5 heteroatoms. The summed E-state index contributed by atoms with van der Waals surface area (Å²) < 4.78 is 0. The molecule has 1 heterocycles. The predicted octanol–water partition coefficient (Wildman–Crippen LogP) is 2.46. The zero-order valence-electron chi connectivity index (χ0n) is 11.3. The summed E-state index contributed by atoms with van der Waals surface area (Å²) in [4.78, 5) is 8.92. The van der Waals surface area contributed by atoms with Crippen molar-refractivity contribution in [2.45, 2.75) is 57.9 Å². The van der Waals surface area contributed by atoms with Crippen LogP contribution in [0.5, 0.6) is 0 Å². The van der Waals surface area contributed by atoms with Crippen LogP contribution in [-0.4, -0.2) is 15.5 Å². The Morgan fingerprint density at radius 2 is 2.00 bits per heavy atom. The van der Waals surface area contributed by atoms with Crippen molar-refractivity contribution in [2.75, 3.05) is 10.7 Å². The van der Waals surface area contributed by atoms with Crippen LogP contribution in [0, 0.1) is 0 Å². The maximum atomic E-state index is 5.46. The van der Waals surface area contributed by atoms with Gasteiger partial charge < -0.3 is 10.7 Å². The zero-order valence-corrected chi connectivity index (χ0v) is 11.3. The number of aryl methyl sites for hydroxylation is 1. The number of nitrogen functional groups attached to an aromatic ring is 1. The quantitative estimate of drug-likeness (QED) is 0.533. The molecule has 1 fully saturated rings. The van der Waals surface area contributed by atoms with Crippen LogP contribution in [0.3, 0.4) is 0 Å². The Bertz CT molecular complexity index is 395. The number of hydrogen-bond donors (Lipinski definition) is 3. The van der Waals surface area contributed by atoms with E-state index in [2.05, 4.69) is 34.6 Å². The van der Waals surface area contributed by atoms with Crippen LogP contribution >= 0.6 is 0 Å². The SMILES string of the molecule is CCCc1nc(NN)cc(NC2(CC)CCC2)n1. The van der Waals surface area contributed by atoms with Gasteiger partial charge in [-0.25, -0.2) is 15.8 Å². The first kappa shape index (κ1) is 13.1.